The Morgan fingerprint density at radius 2 is 1.85 bits per heavy atom. The van der Waals surface area contributed by atoms with Gasteiger partial charge in [-0.3, -0.25) is 4.79 Å². The number of rotatable bonds is 9. The number of carbonyl (C=O) groups is 2. The average Bonchev–Trinajstić information content (AvgIpc) is 2.45. The smallest absolute Gasteiger partial charge is 0.326 e. The summed E-state index contributed by atoms with van der Waals surface area (Å²) in [5, 5.41) is 11.4. The number of carboxylic acids is 1. The van der Waals surface area contributed by atoms with Crippen LogP contribution in [0, 0.1) is 0 Å². The first kappa shape index (κ1) is 16.2. The lowest BCUT2D eigenvalue weighted by atomic mass is 10.1. The zero-order valence-electron chi connectivity index (χ0n) is 12.0. The van der Waals surface area contributed by atoms with E-state index >= 15 is 0 Å². The van der Waals surface area contributed by atoms with E-state index in [0.29, 0.717) is 12.8 Å². The van der Waals surface area contributed by atoms with Gasteiger partial charge in [-0.05, 0) is 31.2 Å². The molecule has 0 aliphatic rings. The number of unbranched alkanes of at least 4 members (excludes halogenated alkanes) is 2. The van der Waals surface area contributed by atoms with Gasteiger partial charge in [0, 0.05) is 6.42 Å². The zero-order chi connectivity index (χ0) is 14.8. The molecule has 0 aliphatic heterocycles. The highest BCUT2D eigenvalue weighted by molar-refractivity contribution is 5.83. The van der Waals surface area contributed by atoms with E-state index in [2.05, 4.69) is 17.4 Å². The van der Waals surface area contributed by atoms with Gasteiger partial charge >= 0.3 is 5.97 Å². The molecule has 1 atom stereocenters. The van der Waals surface area contributed by atoms with Crippen molar-refractivity contribution in [2.75, 3.05) is 0 Å². The number of aliphatic carboxylic acids is 1. The van der Waals surface area contributed by atoms with Gasteiger partial charge in [-0.2, -0.15) is 0 Å². The largest absolute Gasteiger partial charge is 0.480 e. The van der Waals surface area contributed by atoms with Gasteiger partial charge < -0.3 is 10.4 Å². The average molecular weight is 277 g/mol. The molecule has 0 heterocycles. The van der Waals surface area contributed by atoms with Crippen LogP contribution in [-0.2, 0) is 16.0 Å². The monoisotopic (exact) mass is 277 g/mol. The second kappa shape index (κ2) is 9.13. The summed E-state index contributed by atoms with van der Waals surface area (Å²) in [6.45, 7) is 1.75. The Kier molecular flexibility index (Phi) is 7.40. The van der Waals surface area contributed by atoms with Crippen LogP contribution >= 0.6 is 0 Å². The van der Waals surface area contributed by atoms with Gasteiger partial charge in [0.1, 0.15) is 6.04 Å². The van der Waals surface area contributed by atoms with Crippen molar-refractivity contribution in [2.45, 2.75) is 51.5 Å². The maximum atomic E-state index is 11.6. The summed E-state index contributed by atoms with van der Waals surface area (Å²) in [6, 6.07) is 9.50. The van der Waals surface area contributed by atoms with Crippen LogP contribution in [0.25, 0.3) is 0 Å². The molecule has 1 aromatic rings. The van der Waals surface area contributed by atoms with Crippen molar-refractivity contribution in [1.82, 2.24) is 5.32 Å². The van der Waals surface area contributed by atoms with Crippen molar-refractivity contribution < 1.29 is 14.7 Å². The molecule has 1 amide bonds. The van der Waals surface area contributed by atoms with Crippen LogP contribution in [0.4, 0.5) is 0 Å². The SMILES string of the molecule is CCC(NC(=O)CCCCCc1ccccc1)C(=O)O. The van der Waals surface area contributed by atoms with Crippen LogP contribution in [-0.4, -0.2) is 23.0 Å². The van der Waals surface area contributed by atoms with Crippen LogP contribution in [0.5, 0.6) is 0 Å². The molecule has 0 fully saturated rings. The highest BCUT2D eigenvalue weighted by Crippen LogP contribution is 2.07. The quantitative estimate of drug-likeness (QED) is 0.682. The third-order valence-electron chi connectivity index (χ3n) is 3.25. The molecule has 0 spiro atoms. The lowest BCUT2D eigenvalue weighted by Gasteiger charge is -2.11. The maximum absolute atomic E-state index is 11.6. The van der Waals surface area contributed by atoms with Crippen molar-refractivity contribution in [2.24, 2.45) is 0 Å². The Balaban J connectivity index is 2.12. The standard InChI is InChI=1S/C16H23NO3/c1-2-14(16(19)20)17-15(18)12-8-4-7-11-13-9-5-3-6-10-13/h3,5-6,9-10,14H,2,4,7-8,11-12H2,1H3,(H,17,18)(H,19,20). The van der Waals surface area contributed by atoms with Crippen LogP contribution in [0.1, 0.15) is 44.6 Å². The van der Waals surface area contributed by atoms with E-state index < -0.39 is 12.0 Å². The number of nitrogens with one attached hydrogen (secondary N) is 1. The number of hydrogen-bond donors (Lipinski definition) is 2. The lowest BCUT2D eigenvalue weighted by molar-refractivity contribution is -0.141. The molecule has 0 saturated heterocycles. The second-order valence-electron chi connectivity index (χ2n) is 4.91. The summed E-state index contributed by atoms with van der Waals surface area (Å²) in [6.07, 6.45) is 4.66. The molecular formula is C16H23NO3. The Morgan fingerprint density at radius 3 is 2.45 bits per heavy atom. The van der Waals surface area contributed by atoms with Crippen molar-refractivity contribution in [3.8, 4) is 0 Å². The number of aryl methyl sites for hydroxylation is 1. The summed E-state index contributed by atoms with van der Waals surface area (Å²) >= 11 is 0. The topological polar surface area (TPSA) is 66.4 Å². The molecule has 20 heavy (non-hydrogen) atoms. The molecule has 0 aliphatic carbocycles. The maximum Gasteiger partial charge on any atom is 0.326 e. The summed E-state index contributed by atoms with van der Waals surface area (Å²) in [5.41, 5.74) is 1.31. The van der Waals surface area contributed by atoms with Crippen LogP contribution in [0.2, 0.25) is 0 Å². The third kappa shape index (κ3) is 6.36. The minimum atomic E-state index is -0.968. The molecule has 4 nitrogen and oxygen atoms in total. The van der Waals surface area contributed by atoms with Gasteiger partial charge in [0.25, 0.3) is 0 Å². The molecule has 110 valence electrons. The highest BCUT2D eigenvalue weighted by atomic mass is 16.4. The van der Waals surface area contributed by atoms with Gasteiger partial charge in [-0.25, -0.2) is 4.79 Å². The minimum absolute atomic E-state index is 0.168. The van der Waals surface area contributed by atoms with Gasteiger partial charge in [0.05, 0.1) is 0 Å². The number of benzene rings is 1. The van der Waals surface area contributed by atoms with Crippen molar-refractivity contribution in [3.05, 3.63) is 35.9 Å². The van der Waals surface area contributed by atoms with E-state index in [1.165, 1.54) is 5.56 Å². The van der Waals surface area contributed by atoms with Crippen molar-refractivity contribution >= 4 is 11.9 Å². The first-order valence-corrected chi connectivity index (χ1v) is 7.19. The molecule has 0 radical (unpaired) electrons. The Hall–Kier alpha value is -1.84. The van der Waals surface area contributed by atoms with Gasteiger partial charge in [-0.1, -0.05) is 43.7 Å². The predicted molar refractivity (Wildman–Crippen MR) is 78.5 cm³/mol. The van der Waals surface area contributed by atoms with Gasteiger partial charge in [0.15, 0.2) is 0 Å². The molecule has 4 heteroatoms. The zero-order valence-corrected chi connectivity index (χ0v) is 12.0. The lowest BCUT2D eigenvalue weighted by Crippen LogP contribution is -2.40. The van der Waals surface area contributed by atoms with Crippen LogP contribution in [0.3, 0.4) is 0 Å². The summed E-state index contributed by atoms with van der Waals surface area (Å²) in [4.78, 5) is 22.4. The first-order valence-electron chi connectivity index (χ1n) is 7.19. The number of carboxylic acid groups (broad SMARTS) is 1. The van der Waals surface area contributed by atoms with Crippen LogP contribution < -0.4 is 5.32 Å². The third-order valence-corrected chi connectivity index (χ3v) is 3.25. The fraction of sp³-hybridized carbons (Fsp3) is 0.500. The second-order valence-corrected chi connectivity index (χ2v) is 4.91. The summed E-state index contributed by atoms with van der Waals surface area (Å²) in [5.74, 6) is -1.14. The van der Waals surface area contributed by atoms with Gasteiger partial charge in [-0.15, -0.1) is 0 Å². The normalized spacial score (nSPS) is 11.8. The Labute approximate surface area is 120 Å². The van der Waals surface area contributed by atoms with E-state index in [-0.39, 0.29) is 5.91 Å². The van der Waals surface area contributed by atoms with E-state index in [0.717, 1.165) is 25.7 Å². The highest BCUT2D eigenvalue weighted by Gasteiger charge is 2.16. The molecule has 0 bridgehead atoms. The Morgan fingerprint density at radius 1 is 1.15 bits per heavy atom. The fourth-order valence-corrected chi connectivity index (χ4v) is 2.04. The molecule has 1 rings (SSSR count). The fourth-order valence-electron chi connectivity index (χ4n) is 2.04. The summed E-state index contributed by atoms with van der Waals surface area (Å²) in [7, 11) is 0. The molecule has 2 N–H and O–H groups in total. The summed E-state index contributed by atoms with van der Waals surface area (Å²) < 4.78 is 0. The van der Waals surface area contributed by atoms with E-state index in [4.69, 9.17) is 5.11 Å². The molecule has 1 unspecified atom stereocenters. The number of hydrogen-bond acceptors (Lipinski definition) is 2. The number of carbonyl (C=O) groups excluding carboxylic acids is 1. The van der Waals surface area contributed by atoms with Crippen LogP contribution in [0.15, 0.2) is 30.3 Å². The number of amides is 1. The van der Waals surface area contributed by atoms with E-state index in [9.17, 15) is 9.59 Å². The first-order chi connectivity index (χ1) is 9.63. The van der Waals surface area contributed by atoms with E-state index in [1.54, 1.807) is 6.92 Å². The Bertz CT molecular complexity index is 417. The van der Waals surface area contributed by atoms with E-state index in [1.807, 2.05) is 18.2 Å². The van der Waals surface area contributed by atoms with Crippen molar-refractivity contribution in [3.63, 3.8) is 0 Å². The molecule has 1 aromatic carbocycles. The predicted octanol–water partition coefficient (Wildman–Crippen LogP) is 2.77. The minimum Gasteiger partial charge on any atom is -0.480 e. The van der Waals surface area contributed by atoms with Crippen molar-refractivity contribution in [1.29, 1.82) is 0 Å². The molecule has 0 aromatic heterocycles. The molecular weight excluding hydrogens is 254 g/mol. The molecule has 0 saturated carbocycles. The van der Waals surface area contributed by atoms with Gasteiger partial charge in [0.2, 0.25) is 5.91 Å².